The molecular weight excluding hydrogens is 344 g/mol. The highest BCUT2D eigenvalue weighted by Crippen LogP contribution is 2.30. The molecule has 4 rings (SSSR count). The smallest absolute Gasteiger partial charge is 0.252 e. The molecular formula is C19H18N6O2. The lowest BCUT2D eigenvalue weighted by Crippen LogP contribution is -2.35. The van der Waals surface area contributed by atoms with Gasteiger partial charge in [0.25, 0.3) is 11.7 Å². The number of carbonyl (C=O) groups is 2. The number of aromatic nitrogens is 4. The number of carbonyl (C=O) groups excluding carboxylic acids is 2. The van der Waals surface area contributed by atoms with Gasteiger partial charge in [0.1, 0.15) is 0 Å². The third-order valence-corrected chi connectivity index (χ3v) is 4.50. The van der Waals surface area contributed by atoms with E-state index in [9.17, 15) is 9.59 Å². The molecule has 3 heterocycles. The largest absolute Gasteiger partial charge is 0.345 e. The van der Waals surface area contributed by atoms with Gasteiger partial charge in [-0.25, -0.2) is 9.50 Å². The van der Waals surface area contributed by atoms with E-state index in [2.05, 4.69) is 27.0 Å². The Balaban J connectivity index is 1.55. The van der Waals surface area contributed by atoms with Gasteiger partial charge >= 0.3 is 0 Å². The van der Waals surface area contributed by atoms with Crippen molar-refractivity contribution in [3.63, 3.8) is 0 Å². The Labute approximate surface area is 155 Å². The van der Waals surface area contributed by atoms with Gasteiger partial charge in [0.15, 0.2) is 5.82 Å². The molecule has 0 atom stereocenters. The Hall–Kier alpha value is -3.55. The average Bonchev–Trinajstić information content (AvgIpc) is 3.13. The summed E-state index contributed by atoms with van der Waals surface area (Å²) in [5.74, 6) is 0.592. The maximum atomic E-state index is 12.7. The fourth-order valence-corrected chi connectivity index (χ4v) is 3.28. The van der Waals surface area contributed by atoms with Gasteiger partial charge in [0, 0.05) is 30.2 Å². The second kappa shape index (κ2) is 6.99. The van der Waals surface area contributed by atoms with E-state index < -0.39 is 0 Å². The quantitative estimate of drug-likeness (QED) is 0.711. The Kier molecular flexibility index (Phi) is 4.37. The summed E-state index contributed by atoms with van der Waals surface area (Å²) in [4.78, 5) is 34.9. The second-order valence-electron chi connectivity index (χ2n) is 6.18. The van der Waals surface area contributed by atoms with Crippen molar-refractivity contribution in [2.45, 2.75) is 19.4 Å². The lowest BCUT2D eigenvalue weighted by Gasteiger charge is -2.29. The maximum absolute atomic E-state index is 12.7. The van der Waals surface area contributed by atoms with Gasteiger partial charge in [-0.3, -0.25) is 9.59 Å². The number of hydrogen-bond acceptors (Lipinski definition) is 5. The zero-order valence-corrected chi connectivity index (χ0v) is 14.6. The Morgan fingerprint density at radius 2 is 2.19 bits per heavy atom. The van der Waals surface area contributed by atoms with Crippen LogP contribution in [0.3, 0.4) is 0 Å². The molecule has 1 N–H and O–H groups in total. The topological polar surface area (TPSA) is 92.5 Å². The van der Waals surface area contributed by atoms with Crippen LogP contribution in [-0.4, -0.2) is 37.9 Å². The Morgan fingerprint density at radius 3 is 3.00 bits per heavy atom. The summed E-state index contributed by atoms with van der Waals surface area (Å²) in [5, 5.41) is 7.13. The summed E-state index contributed by atoms with van der Waals surface area (Å²) in [6, 6.07) is 7.18. The molecule has 0 radical (unpaired) electrons. The highest BCUT2D eigenvalue weighted by Gasteiger charge is 2.24. The molecule has 2 amide bonds. The van der Waals surface area contributed by atoms with Crippen LogP contribution in [-0.2, 0) is 17.8 Å². The first kappa shape index (κ1) is 16.9. The number of nitrogens with zero attached hydrogens (tertiary/aromatic N) is 5. The van der Waals surface area contributed by atoms with Crippen LogP contribution in [0.15, 0.2) is 49.3 Å². The van der Waals surface area contributed by atoms with E-state index in [4.69, 9.17) is 0 Å². The number of hydrogen-bond donors (Lipinski definition) is 1. The summed E-state index contributed by atoms with van der Waals surface area (Å²) in [6.45, 7) is 4.38. The minimum atomic E-state index is -0.216. The minimum absolute atomic E-state index is 0.157. The summed E-state index contributed by atoms with van der Waals surface area (Å²) >= 11 is 0. The van der Waals surface area contributed by atoms with Crippen LogP contribution in [0.25, 0.3) is 5.78 Å². The zero-order valence-electron chi connectivity index (χ0n) is 14.6. The first-order valence-corrected chi connectivity index (χ1v) is 8.67. The lowest BCUT2D eigenvalue weighted by molar-refractivity contribution is -0.114. The highest BCUT2D eigenvalue weighted by molar-refractivity contribution is 6.04. The summed E-state index contributed by atoms with van der Waals surface area (Å²) < 4.78 is 1.56. The van der Waals surface area contributed by atoms with E-state index in [0.29, 0.717) is 23.7 Å². The van der Waals surface area contributed by atoms with Gasteiger partial charge < -0.3 is 10.2 Å². The normalized spacial score (nSPS) is 13.3. The van der Waals surface area contributed by atoms with Crippen LogP contribution in [0, 0.1) is 0 Å². The molecule has 0 unspecified atom stereocenters. The average molecular weight is 362 g/mol. The Bertz CT molecular complexity index is 1010. The van der Waals surface area contributed by atoms with E-state index >= 15 is 0 Å². The zero-order chi connectivity index (χ0) is 18.8. The van der Waals surface area contributed by atoms with Crippen LogP contribution >= 0.6 is 0 Å². The van der Waals surface area contributed by atoms with E-state index in [1.807, 2.05) is 6.07 Å². The Morgan fingerprint density at radius 1 is 1.30 bits per heavy atom. The minimum Gasteiger partial charge on any atom is -0.345 e. The predicted octanol–water partition coefficient (Wildman–Crippen LogP) is 1.52. The number of benzene rings is 1. The van der Waals surface area contributed by atoms with E-state index in [1.54, 1.807) is 40.0 Å². The van der Waals surface area contributed by atoms with Crippen LogP contribution in [0.2, 0.25) is 0 Å². The molecule has 0 saturated heterocycles. The molecule has 8 nitrogen and oxygen atoms in total. The van der Waals surface area contributed by atoms with Crippen molar-refractivity contribution < 1.29 is 9.59 Å². The number of rotatable bonds is 4. The fraction of sp³-hybridized carbons (Fsp3) is 0.211. The molecule has 1 aliphatic rings. The number of nitrogens with one attached hydrogen (secondary N) is 1. The molecule has 1 aliphatic heterocycles. The SMILES string of the molecule is C=CC(=O)N1CCCc2c(C(=O)NCc3nc4ncccn4n3)cccc21. The second-order valence-corrected chi connectivity index (χ2v) is 6.18. The van der Waals surface area contributed by atoms with Gasteiger partial charge in [-0.2, -0.15) is 4.98 Å². The van der Waals surface area contributed by atoms with Crippen LogP contribution in [0.4, 0.5) is 5.69 Å². The molecule has 3 aromatic rings. The lowest BCUT2D eigenvalue weighted by atomic mass is 9.95. The molecule has 1 aromatic carbocycles. The van der Waals surface area contributed by atoms with Crippen molar-refractivity contribution in [1.82, 2.24) is 24.9 Å². The van der Waals surface area contributed by atoms with Crippen LogP contribution in [0.1, 0.15) is 28.2 Å². The maximum Gasteiger partial charge on any atom is 0.252 e. The van der Waals surface area contributed by atoms with E-state index in [0.717, 1.165) is 24.1 Å². The predicted molar refractivity (Wildman–Crippen MR) is 99.3 cm³/mol. The van der Waals surface area contributed by atoms with E-state index in [-0.39, 0.29) is 18.4 Å². The van der Waals surface area contributed by atoms with Gasteiger partial charge in [-0.05, 0) is 42.7 Å². The highest BCUT2D eigenvalue weighted by atomic mass is 16.2. The molecule has 0 saturated carbocycles. The van der Waals surface area contributed by atoms with Crippen molar-refractivity contribution in [3.8, 4) is 0 Å². The van der Waals surface area contributed by atoms with Crippen molar-refractivity contribution >= 4 is 23.3 Å². The summed E-state index contributed by atoms with van der Waals surface area (Å²) in [6.07, 6.45) is 6.23. The van der Waals surface area contributed by atoms with Crippen molar-refractivity contribution in [1.29, 1.82) is 0 Å². The summed E-state index contributed by atoms with van der Waals surface area (Å²) in [5.41, 5.74) is 2.21. The molecule has 0 bridgehead atoms. The molecule has 27 heavy (non-hydrogen) atoms. The van der Waals surface area contributed by atoms with Crippen molar-refractivity contribution in [2.24, 2.45) is 0 Å². The van der Waals surface area contributed by atoms with E-state index in [1.165, 1.54) is 6.08 Å². The van der Waals surface area contributed by atoms with Crippen LogP contribution < -0.4 is 10.2 Å². The van der Waals surface area contributed by atoms with Crippen molar-refractivity contribution in [3.05, 3.63) is 66.3 Å². The molecule has 136 valence electrons. The third kappa shape index (κ3) is 3.17. The molecule has 0 spiro atoms. The number of anilines is 1. The third-order valence-electron chi connectivity index (χ3n) is 4.50. The van der Waals surface area contributed by atoms with Gasteiger partial charge in [-0.1, -0.05) is 12.6 Å². The van der Waals surface area contributed by atoms with Crippen molar-refractivity contribution in [2.75, 3.05) is 11.4 Å². The number of amides is 2. The monoisotopic (exact) mass is 362 g/mol. The first-order valence-electron chi connectivity index (χ1n) is 8.67. The van der Waals surface area contributed by atoms with Crippen LogP contribution in [0.5, 0.6) is 0 Å². The number of fused-ring (bicyclic) bond motifs is 2. The first-order chi connectivity index (χ1) is 13.2. The molecule has 0 fully saturated rings. The molecule has 8 heteroatoms. The van der Waals surface area contributed by atoms with Gasteiger partial charge in [0.05, 0.1) is 6.54 Å². The fourth-order valence-electron chi connectivity index (χ4n) is 3.28. The summed E-state index contributed by atoms with van der Waals surface area (Å²) in [7, 11) is 0. The van der Waals surface area contributed by atoms with Gasteiger partial charge in [0.2, 0.25) is 5.91 Å². The van der Waals surface area contributed by atoms with Gasteiger partial charge in [-0.15, -0.1) is 5.10 Å². The molecule has 0 aliphatic carbocycles. The standard InChI is InChI=1S/C19H18N6O2/c1-2-17(26)24-10-4-7-13-14(6-3-8-15(13)24)18(27)21-12-16-22-19-20-9-5-11-25(19)23-16/h2-3,5-6,8-9,11H,1,4,7,10,12H2,(H,21,27). The molecule has 2 aromatic heterocycles.